The van der Waals surface area contributed by atoms with Crippen LogP contribution in [0.3, 0.4) is 0 Å². The minimum absolute atomic E-state index is 0.342. The molecule has 108 valence electrons. The Labute approximate surface area is 120 Å². The van der Waals surface area contributed by atoms with Crippen molar-refractivity contribution >= 4 is 11.6 Å². The third-order valence-electron chi connectivity index (χ3n) is 3.74. The molecule has 0 spiro atoms. The summed E-state index contributed by atoms with van der Waals surface area (Å²) in [5.41, 5.74) is 0. The van der Waals surface area contributed by atoms with Gasteiger partial charge < -0.3 is 5.32 Å². The molecule has 19 heavy (non-hydrogen) atoms. The predicted molar refractivity (Wildman–Crippen MR) is 78.2 cm³/mol. The van der Waals surface area contributed by atoms with Crippen LogP contribution in [0.25, 0.3) is 0 Å². The lowest BCUT2D eigenvalue weighted by atomic mass is 9.89. The van der Waals surface area contributed by atoms with Gasteiger partial charge in [-0.3, -0.25) is 0 Å². The molecule has 1 saturated carbocycles. The molecule has 1 fully saturated rings. The van der Waals surface area contributed by atoms with Gasteiger partial charge in [-0.1, -0.05) is 26.7 Å². The van der Waals surface area contributed by atoms with Gasteiger partial charge in [-0.2, -0.15) is 5.10 Å². The van der Waals surface area contributed by atoms with Gasteiger partial charge in [0.05, 0.1) is 6.54 Å². The molecule has 2 unspecified atom stereocenters. The van der Waals surface area contributed by atoms with E-state index in [1.54, 1.807) is 6.33 Å². The summed E-state index contributed by atoms with van der Waals surface area (Å²) < 4.78 is 2.00. The van der Waals surface area contributed by atoms with Crippen LogP contribution in [-0.2, 0) is 13.1 Å². The monoisotopic (exact) mass is 284 g/mol. The largest absolute Gasteiger partial charge is 0.310 e. The zero-order valence-corrected chi connectivity index (χ0v) is 12.7. The van der Waals surface area contributed by atoms with Gasteiger partial charge in [-0.25, -0.2) is 9.67 Å². The number of halogens is 1. The van der Waals surface area contributed by atoms with Crippen molar-refractivity contribution in [3.05, 3.63) is 12.2 Å². The van der Waals surface area contributed by atoms with Crippen LogP contribution >= 0.6 is 11.6 Å². The van der Waals surface area contributed by atoms with Crippen molar-refractivity contribution < 1.29 is 0 Å². The molecular formula is C14H25ClN4. The highest BCUT2D eigenvalue weighted by molar-refractivity contribution is 6.20. The van der Waals surface area contributed by atoms with Crippen LogP contribution in [0.2, 0.25) is 0 Å². The number of nitrogens with zero attached hydrogens (tertiary/aromatic N) is 3. The van der Waals surface area contributed by atoms with Crippen molar-refractivity contribution in [3.8, 4) is 0 Å². The van der Waals surface area contributed by atoms with E-state index < -0.39 is 0 Å². The summed E-state index contributed by atoms with van der Waals surface area (Å²) >= 11 is 6.37. The molecule has 0 aliphatic heterocycles. The quantitative estimate of drug-likeness (QED) is 0.817. The fourth-order valence-corrected chi connectivity index (χ4v) is 3.05. The van der Waals surface area contributed by atoms with Gasteiger partial charge in [0.2, 0.25) is 0 Å². The van der Waals surface area contributed by atoms with Gasteiger partial charge in [0, 0.05) is 11.9 Å². The van der Waals surface area contributed by atoms with Crippen molar-refractivity contribution in [2.24, 2.45) is 11.8 Å². The molecule has 1 heterocycles. The number of hydrogen-bond donors (Lipinski definition) is 1. The summed E-state index contributed by atoms with van der Waals surface area (Å²) in [6.07, 6.45) is 6.66. The lowest BCUT2D eigenvalue weighted by Gasteiger charge is -2.27. The smallest absolute Gasteiger partial charge is 0.140 e. The Kier molecular flexibility index (Phi) is 5.64. The maximum absolute atomic E-state index is 6.37. The number of rotatable bonds is 6. The van der Waals surface area contributed by atoms with Gasteiger partial charge in [0.25, 0.3) is 0 Å². The normalized spacial score (nSPS) is 24.0. The van der Waals surface area contributed by atoms with Gasteiger partial charge in [-0.15, -0.1) is 11.6 Å². The molecule has 5 heteroatoms. The molecule has 1 N–H and O–H groups in total. The van der Waals surface area contributed by atoms with E-state index in [9.17, 15) is 0 Å². The maximum Gasteiger partial charge on any atom is 0.140 e. The highest BCUT2D eigenvalue weighted by atomic mass is 35.5. The van der Waals surface area contributed by atoms with Crippen LogP contribution < -0.4 is 5.32 Å². The molecule has 1 aromatic heterocycles. The van der Waals surface area contributed by atoms with E-state index in [0.29, 0.717) is 17.2 Å². The van der Waals surface area contributed by atoms with Gasteiger partial charge in [0.1, 0.15) is 12.2 Å². The molecule has 1 aliphatic rings. The Balaban J connectivity index is 1.77. The molecule has 4 nitrogen and oxygen atoms in total. The molecule has 2 atom stereocenters. The lowest BCUT2D eigenvalue weighted by molar-refractivity contribution is 0.345. The molecule has 0 aromatic carbocycles. The Morgan fingerprint density at radius 1 is 1.42 bits per heavy atom. The van der Waals surface area contributed by atoms with E-state index in [1.165, 1.54) is 19.3 Å². The van der Waals surface area contributed by atoms with Crippen molar-refractivity contribution in [3.63, 3.8) is 0 Å². The van der Waals surface area contributed by atoms with Crippen molar-refractivity contribution in [1.29, 1.82) is 0 Å². The van der Waals surface area contributed by atoms with Crippen LogP contribution in [-0.4, -0.2) is 26.7 Å². The SMILES string of the molecule is CC(C)Cn1ncnc1CNCC1CCCCC1Cl. The number of hydrogen-bond acceptors (Lipinski definition) is 3. The fraction of sp³-hybridized carbons (Fsp3) is 0.857. The molecule has 2 rings (SSSR count). The van der Waals surface area contributed by atoms with Gasteiger partial charge in [-0.05, 0) is 31.2 Å². The van der Waals surface area contributed by atoms with Crippen molar-refractivity contribution in [2.45, 2.75) is 58.0 Å². The van der Waals surface area contributed by atoms with Gasteiger partial charge >= 0.3 is 0 Å². The highest BCUT2D eigenvalue weighted by Gasteiger charge is 2.22. The van der Waals surface area contributed by atoms with Crippen LogP contribution in [0.1, 0.15) is 45.4 Å². The van der Waals surface area contributed by atoms with E-state index in [1.807, 2.05) is 4.68 Å². The topological polar surface area (TPSA) is 42.7 Å². The van der Waals surface area contributed by atoms with Crippen LogP contribution in [0.15, 0.2) is 6.33 Å². The van der Waals surface area contributed by atoms with Gasteiger partial charge in [0.15, 0.2) is 0 Å². The first-order valence-electron chi connectivity index (χ1n) is 7.38. The molecule has 0 radical (unpaired) electrons. The second kappa shape index (κ2) is 7.25. The van der Waals surface area contributed by atoms with Crippen LogP contribution in [0.4, 0.5) is 0 Å². The predicted octanol–water partition coefficient (Wildman–Crippen LogP) is 2.82. The average Bonchev–Trinajstić information content (AvgIpc) is 2.78. The second-order valence-corrected chi connectivity index (χ2v) is 6.50. The maximum atomic E-state index is 6.37. The highest BCUT2D eigenvalue weighted by Crippen LogP contribution is 2.27. The van der Waals surface area contributed by atoms with E-state index >= 15 is 0 Å². The van der Waals surface area contributed by atoms with Crippen molar-refractivity contribution in [2.75, 3.05) is 6.54 Å². The third-order valence-corrected chi connectivity index (χ3v) is 4.31. The summed E-state index contributed by atoms with van der Waals surface area (Å²) in [4.78, 5) is 4.33. The Morgan fingerprint density at radius 2 is 2.21 bits per heavy atom. The zero-order valence-electron chi connectivity index (χ0n) is 12.0. The lowest BCUT2D eigenvalue weighted by Crippen LogP contribution is -2.31. The Morgan fingerprint density at radius 3 is 2.95 bits per heavy atom. The van der Waals surface area contributed by atoms with Crippen LogP contribution in [0, 0.1) is 11.8 Å². The van der Waals surface area contributed by atoms with E-state index in [0.717, 1.165) is 31.9 Å². The third kappa shape index (κ3) is 4.46. The molecular weight excluding hydrogens is 260 g/mol. The molecule has 0 saturated heterocycles. The van der Waals surface area contributed by atoms with Crippen LogP contribution in [0.5, 0.6) is 0 Å². The van der Waals surface area contributed by atoms with E-state index in [4.69, 9.17) is 11.6 Å². The summed E-state index contributed by atoms with van der Waals surface area (Å²) in [5.74, 6) is 2.22. The number of alkyl halides is 1. The summed E-state index contributed by atoms with van der Waals surface area (Å²) in [6, 6.07) is 0. The first kappa shape index (κ1) is 14.8. The standard InChI is InChI=1S/C14H25ClN4/c1-11(2)9-19-14(17-10-18-19)8-16-7-12-5-3-4-6-13(12)15/h10-13,16H,3-9H2,1-2H3. The minimum atomic E-state index is 0.342. The summed E-state index contributed by atoms with van der Waals surface area (Å²) in [6.45, 7) is 7.09. The Hall–Kier alpha value is -0.610. The Bertz CT molecular complexity index is 377. The first-order chi connectivity index (χ1) is 9.16. The molecule has 0 amide bonds. The number of aromatic nitrogens is 3. The molecule has 1 aliphatic carbocycles. The van der Waals surface area contributed by atoms with E-state index in [2.05, 4.69) is 29.2 Å². The summed E-state index contributed by atoms with van der Waals surface area (Å²) in [5, 5.41) is 8.11. The van der Waals surface area contributed by atoms with E-state index in [-0.39, 0.29) is 0 Å². The molecule has 1 aromatic rings. The zero-order chi connectivity index (χ0) is 13.7. The first-order valence-corrected chi connectivity index (χ1v) is 7.82. The fourth-order valence-electron chi connectivity index (χ4n) is 2.69. The summed E-state index contributed by atoms with van der Waals surface area (Å²) in [7, 11) is 0. The van der Waals surface area contributed by atoms with Crippen molar-refractivity contribution in [1.82, 2.24) is 20.1 Å². The molecule has 0 bridgehead atoms. The number of nitrogens with one attached hydrogen (secondary N) is 1. The average molecular weight is 285 g/mol. The second-order valence-electron chi connectivity index (χ2n) is 5.94. The minimum Gasteiger partial charge on any atom is -0.310 e.